The molecule has 0 unspecified atom stereocenters. The van der Waals surface area contributed by atoms with Gasteiger partial charge in [0.25, 0.3) is 23.6 Å². The molecule has 7 rings (SSSR count). The summed E-state index contributed by atoms with van der Waals surface area (Å²) in [5, 5.41) is 2.91. The molecular formula is C34H30N2O8. The molecular weight excluding hydrogens is 564 g/mol. The number of ether oxygens (including phenoxy) is 4. The summed E-state index contributed by atoms with van der Waals surface area (Å²) in [5.74, 6) is 0.319. The maximum Gasteiger partial charge on any atom is 0.261 e. The number of imide groups is 2. The number of methoxy groups -OCH3 is 4. The van der Waals surface area contributed by atoms with Crippen molar-refractivity contribution in [2.45, 2.75) is 37.8 Å². The van der Waals surface area contributed by atoms with Crippen LogP contribution in [0.1, 0.15) is 67.1 Å². The van der Waals surface area contributed by atoms with Crippen LogP contribution in [0.4, 0.5) is 0 Å². The van der Waals surface area contributed by atoms with Crippen molar-refractivity contribution in [3.63, 3.8) is 0 Å². The van der Waals surface area contributed by atoms with E-state index in [-0.39, 0.29) is 22.3 Å². The van der Waals surface area contributed by atoms with E-state index in [0.29, 0.717) is 35.8 Å². The summed E-state index contributed by atoms with van der Waals surface area (Å²) in [5.41, 5.74) is 1.15. The van der Waals surface area contributed by atoms with E-state index in [1.54, 1.807) is 48.5 Å². The molecule has 3 aliphatic rings. The molecule has 0 N–H and O–H groups in total. The van der Waals surface area contributed by atoms with Crippen molar-refractivity contribution in [1.29, 1.82) is 0 Å². The van der Waals surface area contributed by atoms with Crippen molar-refractivity contribution in [2.75, 3.05) is 28.4 Å². The second-order valence-electron chi connectivity index (χ2n) is 11.3. The van der Waals surface area contributed by atoms with Crippen molar-refractivity contribution in [2.24, 2.45) is 0 Å². The van der Waals surface area contributed by atoms with Gasteiger partial charge in [-0.3, -0.25) is 29.0 Å². The molecule has 4 aromatic rings. The highest BCUT2D eigenvalue weighted by Gasteiger charge is 2.50. The quantitative estimate of drug-likeness (QED) is 0.279. The summed E-state index contributed by atoms with van der Waals surface area (Å²) >= 11 is 0. The van der Waals surface area contributed by atoms with Crippen LogP contribution in [-0.4, -0.2) is 74.0 Å². The van der Waals surface area contributed by atoms with Crippen molar-refractivity contribution >= 4 is 45.2 Å². The summed E-state index contributed by atoms with van der Waals surface area (Å²) < 4.78 is 21.7. The molecule has 0 spiro atoms. The first kappa shape index (κ1) is 27.7. The Labute approximate surface area is 253 Å². The molecule has 10 nitrogen and oxygen atoms in total. The maximum atomic E-state index is 13.9. The Hall–Kier alpha value is -5.12. The van der Waals surface area contributed by atoms with Gasteiger partial charge in [-0.25, -0.2) is 0 Å². The molecule has 4 amide bonds. The predicted molar refractivity (Wildman–Crippen MR) is 161 cm³/mol. The first-order valence-corrected chi connectivity index (χ1v) is 14.4. The molecule has 1 fully saturated rings. The van der Waals surface area contributed by atoms with Crippen LogP contribution in [-0.2, 0) is 0 Å². The number of hydrogen-bond donors (Lipinski definition) is 0. The van der Waals surface area contributed by atoms with Crippen molar-refractivity contribution in [3.8, 4) is 23.0 Å². The van der Waals surface area contributed by atoms with Crippen LogP contribution < -0.4 is 18.9 Å². The van der Waals surface area contributed by atoms with Crippen molar-refractivity contribution < 1.29 is 38.1 Å². The first-order chi connectivity index (χ1) is 21.3. The third-order valence-corrected chi connectivity index (χ3v) is 9.11. The topological polar surface area (TPSA) is 112 Å². The molecule has 0 radical (unpaired) electrons. The molecule has 1 saturated carbocycles. The highest BCUT2D eigenvalue weighted by Crippen LogP contribution is 2.41. The van der Waals surface area contributed by atoms with E-state index in [2.05, 4.69) is 0 Å². The van der Waals surface area contributed by atoms with Gasteiger partial charge in [0, 0.05) is 0 Å². The molecule has 2 heterocycles. The lowest BCUT2D eigenvalue weighted by molar-refractivity contribution is 0.0291. The number of carbonyl (C=O) groups is 4. The fraction of sp³-hybridized carbons (Fsp3) is 0.294. The molecule has 0 saturated heterocycles. The third kappa shape index (κ3) is 3.93. The van der Waals surface area contributed by atoms with E-state index in [1.807, 2.05) is 0 Å². The monoisotopic (exact) mass is 594 g/mol. The van der Waals surface area contributed by atoms with E-state index >= 15 is 0 Å². The van der Waals surface area contributed by atoms with Crippen LogP contribution in [0.2, 0.25) is 0 Å². The van der Waals surface area contributed by atoms with Crippen LogP contribution in [0, 0.1) is 0 Å². The summed E-state index contributed by atoms with van der Waals surface area (Å²) in [6.45, 7) is 0. The van der Waals surface area contributed by atoms with Gasteiger partial charge in [0.05, 0.1) is 62.8 Å². The lowest BCUT2D eigenvalue weighted by Crippen LogP contribution is -2.56. The van der Waals surface area contributed by atoms with E-state index in [9.17, 15) is 19.2 Å². The normalized spacial score (nSPS) is 19.5. The molecule has 0 bridgehead atoms. The van der Waals surface area contributed by atoms with Gasteiger partial charge in [0.1, 0.15) is 0 Å². The standard InChI is InChI=1S/C34H30N2O8/c1-41-27-13-17-9-21-22(10-18(17)14-28(27)42-2)32(38)35(31(21)37)25-7-5-6-8-26(25)36-33(39)23-11-19-15-29(43-3)30(44-4)16-20(19)12-24(23)34(36)40/h9-16,25-26H,5-8H2,1-4H3/t25-,26-/m1/s1. The number of carbonyl (C=O) groups excluding carboxylic acids is 4. The largest absolute Gasteiger partial charge is 0.493 e. The van der Waals surface area contributed by atoms with Crippen LogP contribution in [0.3, 0.4) is 0 Å². The molecule has 4 aromatic carbocycles. The van der Waals surface area contributed by atoms with Crippen LogP contribution in [0.15, 0.2) is 48.5 Å². The van der Waals surface area contributed by atoms with Crippen molar-refractivity contribution in [3.05, 3.63) is 70.8 Å². The molecule has 0 aromatic heterocycles. The molecule has 1 aliphatic carbocycles. The summed E-state index contributed by atoms with van der Waals surface area (Å²) in [6, 6.07) is 12.6. The van der Waals surface area contributed by atoms with E-state index in [1.165, 1.54) is 38.2 Å². The average Bonchev–Trinajstić information content (AvgIpc) is 3.43. The highest BCUT2D eigenvalue weighted by atomic mass is 16.5. The fourth-order valence-electron chi connectivity index (χ4n) is 6.96. The van der Waals surface area contributed by atoms with Gasteiger partial charge in [-0.1, -0.05) is 12.8 Å². The third-order valence-electron chi connectivity index (χ3n) is 9.11. The van der Waals surface area contributed by atoms with Gasteiger partial charge in [0.2, 0.25) is 0 Å². The second kappa shape index (κ2) is 10.3. The summed E-state index contributed by atoms with van der Waals surface area (Å²) in [4.78, 5) is 58.1. The zero-order chi connectivity index (χ0) is 30.9. The SMILES string of the molecule is COc1cc2cc3c(cc2cc1OC)C(=O)N([C@@H]1CCCC[C@H]1N1C(=O)c2cc4cc(OC)c(OC)cc4cc2C1=O)C3=O. The predicted octanol–water partition coefficient (Wildman–Crippen LogP) is 5.23. The van der Waals surface area contributed by atoms with Gasteiger partial charge in [-0.05, 0) is 82.9 Å². The number of nitrogens with zero attached hydrogens (tertiary/aromatic N) is 2. The van der Waals surface area contributed by atoms with Crippen molar-refractivity contribution in [1.82, 2.24) is 9.80 Å². The second-order valence-corrected chi connectivity index (χ2v) is 11.3. The minimum absolute atomic E-state index is 0.288. The van der Waals surface area contributed by atoms with Crippen LogP contribution in [0.25, 0.3) is 21.5 Å². The van der Waals surface area contributed by atoms with E-state index in [0.717, 1.165) is 34.4 Å². The highest BCUT2D eigenvalue weighted by molar-refractivity contribution is 6.25. The van der Waals surface area contributed by atoms with Gasteiger partial charge < -0.3 is 18.9 Å². The zero-order valence-corrected chi connectivity index (χ0v) is 24.8. The molecule has 10 heteroatoms. The molecule has 44 heavy (non-hydrogen) atoms. The average molecular weight is 595 g/mol. The number of amides is 4. The number of fused-ring (bicyclic) bond motifs is 4. The van der Waals surface area contributed by atoms with Crippen LogP contribution in [0.5, 0.6) is 23.0 Å². The molecule has 2 aliphatic heterocycles. The Kier molecular flexibility index (Phi) is 6.46. The number of benzene rings is 4. The smallest absolute Gasteiger partial charge is 0.261 e. The zero-order valence-electron chi connectivity index (χ0n) is 24.8. The van der Waals surface area contributed by atoms with Gasteiger partial charge in [0.15, 0.2) is 23.0 Å². The Morgan fingerprint density at radius 2 is 0.705 bits per heavy atom. The Morgan fingerprint density at radius 3 is 0.932 bits per heavy atom. The summed E-state index contributed by atoms with van der Waals surface area (Å²) in [7, 11) is 6.14. The molecule has 2 atom stereocenters. The van der Waals surface area contributed by atoms with Gasteiger partial charge >= 0.3 is 0 Å². The van der Waals surface area contributed by atoms with Crippen LogP contribution >= 0.6 is 0 Å². The minimum atomic E-state index is -0.653. The van der Waals surface area contributed by atoms with Gasteiger partial charge in [-0.2, -0.15) is 0 Å². The van der Waals surface area contributed by atoms with E-state index in [4.69, 9.17) is 18.9 Å². The Balaban J connectivity index is 1.26. The number of hydrogen-bond acceptors (Lipinski definition) is 8. The lowest BCUT2D eigenvalue weighted by Gasteiger charge is -2.40. The fourth-order valence-corrected chi connectivity index (χ4v) is 6.96. The Bertz CT molecular complexity index is 1670. The van der Waals surface area contributed by atoms with Gasteiger partial charge in [-0.15, -0.1) is 0 Å². The lowest BCUT2D eigenvalue weighted by atomic mass is 9.88. The van der Waals surface area contributed by atoms with E-state index < -0.39 is 35.7 Å². The summed E-state index contributed by atoms with van der Waals surface area (Å²) in [6.07, 6.45) is 2.50. The maximum absolute atomic E-state index is 13.9. The first-order valence-electron chi connectivity index (χ1n) is 14.4. The minimum Gasteiger partial charge on any atom is -0.493 e. The Morgan fingerprint density at radius 1 is 0.455 bits per heavy atom. The molecule has 224 valence electrons. The number of rotatable bonds is 6.